The van der Waals surface area contributed by atoms with Crippen molar-refractivity contribution < 1.29 is 48.7 Å². The molecular weight excluding hydrogens is 496 g/mol. The van der Waals surface area contributed by atoms with Gasteiger partial charge in [0, 0.05) is 0 Å². The minimum Gasteiger partial charge on any atom is -0.319 e. The molecule has 0 spiro atoms. The number of halogens is 11. The second-order valence-corrected chi connectivity index (χ2v) is 6.25. The summed E-state index contributed by atoms with van der Waals surface area (Å²) >= 11 is 2.60. The molecule has 0 unspecified atom stereocenters. The monoisotopic (exact) mass is 501 g/mol. The lowest BCUT2D eigenvalue weighted by molar-refractivity contribution is -0.143. The van der Waals surface area contributed by atoms with E-state index in [-0.39, 0.29) is 5.69 Å². The van der Waals surface area contributed by atoms with Crippen molar-refractivity contribution in [3.05, 3.63) is 44.7 Å². The van der Waals surface area contributed by atoms with Crippen LogP contribution in [0.3, 0.4) is 0 Å². The van der Waals surface area contributed by atoms with Crippen LogP contribution >= 0.6 is 15.9 Å². The molecule has 0 atom stereocenters. The van der Waals surface area contributed by atoms with Gasteiger partial charge in [0.2, 0.25) is 5.91 Å². The maximum atomic E-state index is 13.8. The molecule has 15 heteroatoms. The lowest BCUT2D eigenvalue weighted by atomic mass is 10.1. The lowest BCUT2D eigenvalue weighted by Crippen LogP contribution is -2.24. The number of hydrogen-bond acceptors (Lipinski definition) is 2. The van der Waals surface area contributed by atoms with Gasteiger partial charge in [-0.2, -0.15) is 31.4 Å². The van der Waals surface area contributed by atoms with Crippen LogP contribution in [-0.2, 0) is 23.7 Å². The van der Waals surface area contributed by atoms with E-state index in [1.54, 1.807) is 0 Å². The molecule has 1 aromatic heterocycles. The van der Waals surface area contributed by atoms with Crippen LogP contribution in [0.15, 0.2) is 4.47 Å². The van der Waals surface area contributed by atoms with E-state index < -0.39 is 69.5 Å². The predicted molar refractivity (Wildman–Crippen MR) is 79.6 cm³/mol. The zero-order chi connectivity index (χ0) is 22.5. The lowest BCUT2D eigenvalue weighted by Gasteiger charge is -2.14. The molecule has 0 saturated heterocycles. The molecular formula is C14H6BrF10N3O. The number of carbonyl (C=O) groups is 1. The Bertz CT molecular complexity index is 951. The second-order valence-electron chi connectivity index (χ2n) is 5.46. The average molecular weight is 502 g/mol. The summed E-state index contributed by atoms with van der Waals surface area (Å²) < 4.78 is 130. The largest absolute Gasteiger partial charge is 0.436 e. The fourth-order valence-electron chi connectivity index (χ4n) is 2.16. The summed E-state index contributed by atoms with van der Waals surface area (Å²) in [4.78, 5) is 11.8. The predicted octanol–water partition coefficient (Wildman–Crippen LogP) is 5.19. The number of alkyl halides is 6. The first-order valence-electron chi connectivity index (χ1n) is 7.10. The minimum absolute atomic E-state index is 0.238. The van der Waals surface area contributed by atoms with Gasteiger partial charge < -0.3 is 5.32 Å². The highest BCUT2D eigenvalue weighted by Gasteiger charge is 2.43. The van der Waals surface area contributed by atoms with Gasteiger partial charge in [0.15, 0.2) is 29.0 Å². The summed E-state index contributed by atoms with van der Waals surface area (Å²) in [5.74, 6) is -12.2. The first-order valence-corrected chi connectivity index (χ1v) is 7.89. The van der Waals surface area contributed by atoms with Crippen molar-refractivity contribution in [2.75, 3.05) is 5.32 Å². The minimum atomic E-state index is -5.77. The number of benzene rings is 1. The third-order valence-corrected chi connectivity index (χ3v) is 4.46. The van der Waals surface area contributed by atoms with Crippen molar-refractivity contribution in [2.24, 2.45) is 0 Å². The summed E-state index contributed by atoms with van der Waals surface area (Å²) in [6, 6.07) is 0. The number of anilines is 1. The van der Waals surface area contributed by atoms with Crippen LogP contribution in [0.5, 0.6) is 0 Å². The third kappa shape index (κ3) is 4.33. The van der Waals surface area contributed by atoms with Gasteiger partial charge in [0.1, 0.15) is 17.8 Å². The summed E-state index contributed by atoms with van der Waals surface area (Å²) in [5, 5.41) is 4.38. The van der Waals surface area contributed by atoms with Crippen LogP contribution in [0.4, 0.5) is 49.6 Å². The number of hydrogen-bond donors (Lipinski definition) is 1. The Morgan fingerprint density at radius 3 is 1.83 bits per heavy atom. The molecule has 0 aliphatic heterocycles. The SMILES string of the molecule is Cc1c(Br)c(C(F)(F)F)nn1CC(=O)Nc1c(F)c(F)c(C(F)(F)F)c(F)c1F. The number of nitrogens with one attached hydrogen (secondary N) is 1. The van der Waals surface area contributed by atoms with E-state index in [4.69, 9.17) is 0 Å². The number of aromatic nitrogens is 2. The van der Waals surface area contributed by atoms with E-state index in [1.165, 1.54) is 5.32 Å². The molecule has 0 fully saturated rings. The van der Waals surface area contributed by atoms with Gasteiger partial charge in [-0.25, -0.2) is 17.6 Å². The Kier molecular flexibility index (Phi) is 5.94. The van der Waals surface area contributed by atoms with Crippen LogP contribution in [-0.4, -0.2) is 15.7 Å². The number of carbonyl (C=O) groups excluding carboxylic acids is 1. The van der Waals surface area contributed by atoms with E-state index in [0.717, 1.165) is 6.92 Å². The van der Waals surface area contributed by atoms with Crippen LogP contribution in [0, 0.1) is 30.2 Å². The standard InChI is InChI=1S/C14H6BrF10N3O/c1-3-6(15)12(14(23,24)25)27-28(3)2-4(29)26-11-9(18)7(16)5(13(20,21)22)8(17)10(11)19/h2H2,1H3,(H,26,29). The Morgan fingerprint density at radius 2 is 1.45 bits per heavy atom. The zero-order valence-electron chi connectivity index (χ0n) is 13.7. The first-order chi connectivity index (χ1) is 13.1. The fourth-order valence-corrected chi connectivity index (χ4v) is 2.67. The molecule has 1 heterocycles. The average Bonchev–Trinajstić information content (AvgIpc) is 2.84. The highest BCUT2D eigenvalue weighted by Crippen LogP contribution is 2.39. The summed E-state index contributed by atoms with van der Waals surface area (Å²) in [6.45, 7) is -0.0120. The van der Waals surface area contributed by atoms with Gasteiger partial charge in [-0.05, 0) is 22.9 Å². The van der Waals surface area contributed by atoms with Crippen molar-refractivity contribution >= 4 is 27.5 Å². The van der Waals surface area contributed by atoms with E-state index in [0.29, 0.717) is 4.68 Å². The van der Waals surface area contributed by atoms with Crippen molar-refractivity contribution in [1.29, 1.82) is 0 Å². The smallest absolute Gasteiger partial charge is 0.319 e. The number of amides is 1. The summed E-state index contributed by atoms with van der Waals surface area (Å²) in [6.07, 6.45) is -10.7. The Balaban J connectivity index is 2.38. The number of nitrogens with zero attached hydrogens (tertiary/aromatic N) is 2. The Labute approximate surface area is 162 Å². The number of rotatable bonds is 3. The molecule has 0 radical (unpaired) electrons. The van der Waals surface area contributed by atoms with Crippen molar-refractivity contribution in [3.8, 4) is 0 Å². The van der Waals surface area contributed by atoms with E-state index in [2.05, 4.69) is 21.0 Å². The Hall–Kier alpha value is -2.32. The summed E-state index contributed by atoms with van der Waals surface area (Å²) in [7, 11) is 0. The van der Waals surface area contributed by atoms with Crippen LogP contribution < -0.4 is 5.32 Å². The molecule has 0 aliphatic carbocycles. The van der Waals surface area contributed by atoms with Gasteiger partial charge in [0.05, 0.1) is 10.2 Å². The highest BCUT2D eigenvalue weighted by atomic mass is 79.9. The topological polar surface area (TPSA) is 46.9 Å². The summed E-state index contributed by atoms with van der Waals surface area (Å²) in [5.41, 5.74) is -6.38. The van der Waals surface area contributed by atoms with Crippen LogP contribution in [0.1, 0.15) is 17.0 Å². The molecule has 2 rings (SSSR count). The first kappa shape index (κ1) is 23.0. The second kappa shape index (κ2) is 7.50. The van der Waals surface area contributed by atoms with Crippen LogP contribution in [0.2, 0.25) is 0 Å². The van der Waals surface area contributed by atoms with Gasteiger partial charge in [-0.15, -0.1) is 0 Å². The van der Waals surface area contributed by atoms with E-state index in [9.17, 15) is 48.7 Å². The fraction of sp³-hybridized carbons (Fsp3) is 0.286. The molecule has 2 aromatic rings. The van der Waals surface area contributed by atoms with E-state index in [1.807, 2.05) is 0 Å². The molecule has 0 saturated carbocycles. The molecule has 160 valence electrons. The highest BCUT2D eigenvalue weighted by molar-refractivity contribution is 9.10. The maximum Gasteiger partial charge on any atom is 0.436 e. The zero-order valence-corrected chi connectivity index (χ0v) is 15.3. The molecule has 0 bridgehead atoms. The van der Waals surface area contributed by atoms with Gasteiger partial charge in [-0.1, -0.05) is 0 Å². The van der Waals surface area contributed by atoms with Gasteiger partial charge >= 0.3 is 12.4 Å². The molecule has 29 heavy (non-hydrogen) atoms. The molecule has 4 nitrogen and oxygen atoms in total. The molecule has 0 aliphatic rings. The normalized spacial score (nSPS) is 12.4. The van der Waals surface area contributed by atoms with Crippen molar-refractivity contribution in [1.82, 2.24) is 9.78 Å². The maximum absolute atomic E-state index is 13.8. The van der Waals surface area contributed by atoms with Gasteiger partial charge in [0.25, 0.3) is 0 Å². The Morgan fingerprint density at radius 1 is 0.966 bits per heavy atom. The van der Waals surface area contributed by atoms with Crippen molar-refractivity contribution in [2.45, 2.75) is 25.8 Å². The van der Waals surface area contributed by atoms with Crippen LogP contribution in [0.25, 0.3) is 0 Å². The third-order valence-electron chi connectivity index (χ3n) is 3.51. The molecule has 1 N–H and O–H groups in total. The molecule has 1 aromatic carbocycles. The van der Waals surface area contributed by atoms with E-state index >= 15 is 0 Å². The van der Waals surface area contributed by atoms with Gasteiger partial charge in [-0.3, -0.25) is 9.48 Å². The molecule has 1 amide bonds. The van der Waals surface area contributed by atoms with Crippen molar-refractivity contribution in [3.63, 3.8) is 0 Å². The quantitative estimate of drug-likeness (QED) is 0.465.